The number of alkyl halides is 34. The van der Waals surface area contributed by atoms with Crippen molar-refractivity contribution in [2.24, 2.45) is 0 Å². The molecule has 0 radical (unpaired) electrons. The molecule has 44 heteroatoms. The number of hydrogen-bond acceptors (Lipinski definition) is 4. The van der Waals surface area contributed by atoms with Crippen LogP contribution in [0.2, 0.25) is 0 Å². The highest BCUT2D eigenvalue weighted by molar-refractivity contribution is 7.90. The summed E-state index contributed by atoms with van der Waals surface area (Å²) in [4.78, 5) is 0. The van der Waals surface area contributed by atoms with Gasteiger partial charge in [-0.2, -0.15) is 149 Å². The monoisotopic (exact) mass is 1350 g/mol. The van der Waals surface area contributed by atoms with Crippen LogP contribution in [0.25, 0.3) is 11.1 Å². The number of nitrogens with zero attached hydrogens (tertiary/aromatic N) is 2. The van der Waals surface area contributed by atoms with Gasteiger partial charge < -0.3 is 8.97 Å². The number of benzene rings is 2. The van der Waals surface area contributed by atoms with Gasteiger partial charge in [0.2, 0.25) is 0 Å². The van der Waals surface area contributed by atoms with Crippen molar-refractivity contribution in [2.75, 3.05) is 54.4 Å². The Bertz CT molecular complexity index is 2640. The zero-order valence-corrected chi connectivity index (χ0v) is 43.1. The third-order valence-corrected chi connectivity index (χ3v) is 15.0. The molecule has 2 aromatic carbocycles. The molecule has 0 heterocycles. The first-order chi connectivity index (χ1) is 36.5. The van der Waals surface area contributed by atoms with E-state index in [0.29, 0.717) is 31.7 Å². The predicted molar refractivity (Wildman–Crippen MR) is 218 cm³/mol. The van der Waals surface area contributed by atoms with Crippen molar-refractivity contribution < 1.29 is 175 Å². The molecule has 0 spiro atoms. The lowest BCUT2D eigenvalue weighted by molar-refractivity contribution is -0.903. The summed E-state index contributed by atoms with van der Waals surface area (Å²) in [5.41, 5.74) is 1.66. The van der Waals surface area contributed by atoms with Crippen LogP contribution in [0.1, 0.15) is 24.0 Å². The summed E-state index contributed by atoms with van der Waals surface area (Å²) in [5.74, 6) is -105. The second-order valence-electron chi connectivity index (χ2n) is 19.5. The third-order valence-electron chi connectivity index (χ3n) is 12.0. The summed E-state index contributed by atoms with van der Waals surface area (Å²) in [5, 5.41) is -15.5. The third kappa shape index (κ3) is 12.5. The van der Waals surface area contributed by atoms with Gasteiger partial charge in [-0.15, -0.1) is 0 Å². The summed E-state index contributed by atoms with van der Waals surface area (Å²) in [6, 6.07) is 11.6. The first-order valence-electron chi connectivity index (χ1n) is 21.8. The molecule has 2 rings (SSSR count). The molecule has 0 aliphatic heterocycles. The second-order valence-corrected chi connectivity index (χ2v) is 23.1. The Hall–Kier alpha value is -4.20. The van der Waals surface area contributed by atoms with E-state index in [1.165, 1.54) is 76.7 Å². The van der Waals surface area contributed by atoms with Gasteiger partial charge in [0.05, 0.1) is 41.3 Å². The van der Waals surface area contributed by atoms with Gasteiger partial charge in [0, 0.05) is 37.1 Å². The van der Waals surface area contributed by atoms with E-state index in [1.54, 1.807) is 0 Å². The van der Waals surface area contributed by atoms with Crippen LogP contribution in [0.4, 0.5) is 149 Å². The molecule has 0 amide bonds. The molecule has 0 atom stereocenters. The molecule has 0 fully saturated rings. The van der Waals surface area contributed by atoms with Crippen molar-refractivity contribution in [3.63, 3.8) is 0 Å². The van der Waals surface area contributed by atoms with E-state index in [9.17, 15) is 166 Å². The minimum atomic E-state index is -9.00. The van der Waals surface area contributed by atoms with Crippen molar-refractivity contribution in [1.82, 2.24) is 9.44 Å². The first-order valence-corrected chi connectivity index (χ1v) is 24.7. The second kappa shape index (κ2) is 22.4. The van der Waals surface area contributed by atoms with Gasteiger partial charge in [-0.3, -0.25) is 0 Å². The van der Waals surface area contributed by atoms with Crippen molar-refractivity contribution in [3.05, 3.63) is 59.7 Å². The van der Waals surface area contributed by atoms with E-state index in [4.69, 9.17) is 0 Å². The topological polar surface area (TPSA) is 92.3 Å². The summed E-state index contributed by atoms with van der Waals surface area (Å²) in [6.45, 7) is -4.02. The summed E-state index contributed by atoms with van der Waals surface area (Å²) < 4.78 is 511. The van der Waals surface area contributed by atoms with Gasteiger partial charge in [-0.05, 0) is 11.1 Å². The van der Waals surface area contributed by atoms with Crippen LogP contribution in [-0.4, -0.2) is 174 Å². The van der Waals surface area contributed by atoms with Crippen molar-refractivity contribution in [3.8, 4) is 11.1 Å². The van der Waals surface area contributed by atoms with E-state index in [-0.39, 0.29) is 22.1 Å². The molecule has 0 bridgehead atoms. The molecule has 0 aliphatic carbocycles. The van der Waals surface area contributed by atoms with Gasteiger partial charge in [0.25, 0.3) is 20.0 Å². The number of halogens is 34. The molecule has 2 aromatic rings. The molecule has 0 aliphatic rings. The average Bonchev–Trinajstić information content (AvgIpc) is 0.922. The molecule has 2 N–H and O–H groups in total. The Morgan fingerprint density at radius 2 is 0.500 bits per heavy atom. The van der Waals surface area contributed by atoms with E-state index < -0.39 is 153 Å². The number of rotatable bonds is 29. The highest BCUT2D eigenvalue weighted by Crippen LogP contribution is 2.66. The van der Waals surface area contributed by atoms with Crippen LogP contribution in [0.3, 0.4) is 0 Å². The highest BCUT2D eigenvalue weighted by Gasteiger charge is 2.98. The number of hydrogen-bond donors (Lipinski definition) is 2. The average molecular weight is 1350 g/mol. The fourth-order valence-electron chi connectivity index (χ4n) is 7.00. The molecule has 84 heavy (non-hydrogen) atoms. The largest absolute Gasteiger partial charge is 0.460 e. The maximum Gasteiger partial charge on any atom is 0.460 e. The van der Waals surface area contributed by atoms with E-state index >= 15 is 0 Å². The first kappa shape index (κ1) is 75.9. The molecular weight excluding hydrogens is 1310 g/mol. The minimum absolute atomic E-state index is 0.0973. The van der Waals surface area contributed by atoms with Crippen LogP contribution in [0, 0.1) is 0 Å². The van der Waals surface area contributed by atoms with Gasteiger partial charge in [0.15, 0.2) is 0 Å². The van der Waals surface area contributed by atoms with E-state index in [2.05, 4.69) is 0 Å². The van der Waals surface area contributed by atoms with Crippen molar-refractivity contribution in [1.29, 1.82) is 0 Å². The zero-order chi connectivity index (χ0) is 67.0. The molecule has 0 unspecified atom stereocenters. The Labute approximate surface area is 449 Å². The van der Waals surface area contributed by atoms with E-state index in [0.717, 1.165) is 0 Å². The SMILES string of the molecule is C[N+](C)(CCCNS(=O)(=O)C(F)(F)C(F)(F)C(F)(F)C(F)(F)C(F)(F)C(F)(F)C(F)(F)C(F)(F)F)Cc1ccc(-c2ccc(C[N+](C)(C)CCCNS(=O)(=O)C(F)(F)C(F)(F)C(F)(F)C(F)(F)C(F)(F)C(F)(F)C(F)(F)C(F)(F)F)cc2)cc1. The Morgan fingerprint density at radius 1 is 0.310 bits per heavy atom. The zero-order valence-electron chi connectivity index (χ0n) is 41.5. The lowest BCUT2D eigenvalue weighted by Crippen LogP contribution is -2.75. The molecule has 490 valence electrons. The molecule has 0 saturated carbocycles. The van der Waals surface area contributed by atoms with Gasteiger partial charge in [-0.25, -0.2) is 26.3 Å². The summed E-state index contributed by atoms with van der Waals surface area (Å²) in [6.07, 6.45) is -17.5. The highest BCUT2D eigenvalue weighted by atomic mass is 32.2. The number of quaternary nitrogens is 2. The smallest absolute Gasteiger partial charge is 0.325 e. The summed E-state index contributed by atoms with van der Waals surface area (Å²) >= 11 is 0. The Morgan fingerprint density at radius 3 is 0.702 bits per heavy atom. The van der Waals surface area contributed by atoms with Crippen LogP contribution in [-0.2, 0) is 33.1 Å². The standard InChI is InChI=1S/C40H38F34N4O4S2/c1-77(2,17-5-15-75-83(79,80)39(71,72)35(61,62)31(53,54)27(45,46)25(41,42)29(49,50)33(57,58)37(65,66)67)19-21-7-11-23(12-8-21)24-13-9-22(10-14-24)20-78(3,4)18-6-16-76-84(81,82)40(73,74)36(63,64)32(55,56)28(47,48)26(43,44)30(51,52)34(59,60)38(68,69)70/h7-14,75-76H,5-6,15-20H2,1-4H3/q+2. The molecule has 0 saturated heterocycles. The van der Waals surface area contributed by atoms with Crippen LogP contribution < -0.4 is 9.44 Å². The summed E-state index contributed by atoms with van der Waals surface area (Å²) in [7, 11) is -9.71. The lowest BCUT2D eigenvalue weighted by Gasteiger charge is -2.42. The van der Waals surface area contributed by atoms with Crippen molar-refractivity contribution in [2.45, 2.75) is 120 Å². The maximum absolute atomic E-state index is 14.4. The molecule has 8 nitrogen and oxygen atoms in total. The maximum atomic E-state index is 14.4. The fourth-order valence-corrected chi connectivity index (χ4v) is 9.12. The minimum Gasteiger partial charge on any atom is -0.325 e. The number of nitrogens with one attached hydrogen (secondary N) is 2. The normalized spacial score (nSPS) is 15.9. The van der Waals surface area contributed by atoms with E-state index in [1.807, 2.05) is 0 Å². The number of sulfonamides is 2. The Balaban J connectivity index is 2.11. The van der Waals surface area contributed by atoms with Crippen LogP contribution >= 0.6 is 0 Å². The van der Waals surface area contributed by atoms with Gasteiger partial charge in [-0.1, -0.05) is 48.5 Å². The van der Waals surface area contributed by atoms with Gasteiger partial charge >= 0.3 is 93.9 Å². The van der Waals surface area contributed by atoms with Crippen LogP contribution in [0.5, 0.6) is 0 Å². The molecule has 0 aromatic heterocycles. The fraction of sp³-hybridized carbons (Fsp3) is 0.700. The van der Waals surface area contributed by atoms with Crippen LogP contribution in [0.15, 0.2) is 48.5 Å². The van der Waals surface area contributed by atoms with Gasteiger partial charge in [0.1, 0.15) is 13.1 Å². The lowest BCUT2D eigenvalue weighted by atomic mass is 9.91. The predicted octanol–water partition coefficient (Wildman–Crippen LogP) is 13.1. The quantitative estimate of drug-likeness (QED) is 0.0482. The van der Waals surface area contributed by atoms with Crippen molar-refractivity contribution >= 4 is 20.0 Å². The Kier molecular flexibility index (Phi) is 20.3. The molecular formula is C40H38F34N4O4S2+2.